The van der Waals surface area contributed by atoms with E-state index in [-0.39, 0.29) is 16.9 Å². The molecule has 0 unspecified atom stereocenters. The first-order valence-electron chi connectivity index (χ1n) is 5.82. The monoisotopic (exact) mass is 200 g/mol. The number of nitrogens with two attached hydrogens (primary N) is 1. The maximum absolute atomic E-state index is 10.2. The molecule has 0 bridgehead atoms. The molecule has 1 aliphatic carbocycles. The van der Waals surface area contributed by atoms with Crippen LogP contribution < -0.4 is 5.32 Å². The molecule has 0 radical (unpaired) electrons. The molecule has 1 saturated carbocycles. The van der Waals surface area contributed by atoms with Crippen LogP contribution in [0.25, 0.3) is 0 Å². The Morgan fingerprint density at radius 3 is 2.36 bits per heavy atom. The molecule has 0 heterocycles. The lowest BCUT2D eigenvalue weighted by Crippen LogP contribution is -2.83. The number of aliphatic hydroxyl groups is 1. The average Bonchev–Trinajstić information content (AvgIpc) is 2.31. The summed E-state index contributed by atoms with van der Waals surface area (Å²) >= 11 is 0. The topological polar surface area (TPSA) is 36.8 Å². The molecule has 0 aliphatic heterocycles. The molecule has 3 atom stereocenters. The lowest BCUT2D eigenvalue weighted by atomic mass is 9.63. The van der Waals surface area contributed by atoms with Crippen LogP contribution in [0.2, 0.25) is 0 Å². The number of aliphatic hydroxyl groups excluding tert-OH is 1. The minimum atomic E-state index is -0.174. The molecule has 1 rings (SSSR count). The zero-order valence-electron chi connectivity index (χ0n) is 10.3. The van der Waals surface area contributed by atoms with Crippen LogP contribution in [0.15, 0.2) is 0 Å². The van der Waals surface area contributed by atoms with Gasteiger partial charge in [-0.3, -0.25) is 0 Å². The predicted octanol–water partition coefficient (Wildman–Crippen LogP) is 1.00. The van der Waals surface area contributed by atoms with E-state index in [1.54, 1.807) is 0 Å². The normalized spacial score (nSPS) is 38.6. The Kier molecular flexibility index (Phi) is 3.27. The number of quaternary nitrogens is 1. The fourth-order valence-electron chi connectivity index (χ4n) is 2.84. The lowest BCUT2D eigenvalue weighted by Gasteiger charge is -2.43. The van der Waals surface area contributed by atoms with Crippen LogP contribution in [0.1, 0.15) is 40.5 Å². The smallest absolute Gasteiger partial charge is 0.109 e. The molecule has 2 heteroatoms. The maximum atomic E-state index is 10.2. The van der Waals surface area contributed by atoms with Gasteiger partial charge in [0.1, 0.15) is 12.6 Å². The Bertz CT molecular complexity index is 202. The first kappa shape index (κ1) is 12.0. The van der Waals surface area contributed by atoms with Crippen molar-refractivity contribution in [3.8, 4) is 0 Å². The highest BCUT2D eigenvalue weighted by atomic mass is 16.3. The third-order valence-corrected chi connectivity index (χ3v) is 5.00. The Labute approximate surface area is 88.1 Å². The summed E-state index contributed by atoms with van der Waals surface area (Å²) in [5.41, 5.74) is 0.356. The van der Waals surface area contributed by atoms with Gasteiger partial charge < -0.3 is 10.4 Å². The van der Waals surface area contributed by atoms with Gasteiger partial charge in [0.05, 0.1) is 7.05 Å². The lowest BCUT2D eigenvalue weighted by molar-refractivity contribution is -0.636. The van der Waals surface area contributed by atoms with Gasteiger partial charge >= 0.3 is 0 Å². The summed E-state index contributed by atoms with van der Waals surface area (Å²) < 4.78 is 0. The molecular formula is C12H26NO+. The van der Waals surface area contributed by atoms with Crippen molar-refractivity contribution in [1.29, 1.82) is 0 Å². The summed E-state index contributed by atoms with van der Waals surface area (Å²) in [5, 5.41) is 12.3. The van der Waals surface area contributed by atoms with Gasteiger partial charge in [0.25, 0.3) is 0 Å². The van der Waals surface area contributed by atoms with E-state index in [2.05, 4.69) is 33.0 Å². The second kappa shape index (κ2) is 3.82. The molecule has 84 valence electrons. The van der Waals surface area contributed by atoms with Gasteiger partial charge in [-0.1, -0.05) is 27.7 Å². The first-order chi connectivity index (χ1) is 6.36. The standard InChI is InChI=1S/C12H25NO/c1-9-6-7-12(4,11(9,2)3)10(14)8-13-5/h9-10,13-14H,6-8H2,1-5H3/p+1/t9-,10-,12-/m1/s1. The number of hydrogen-bond donors (Lipinski definition) is 2. The van der Waals surface area contributed by atoms with Crippen LogP contribution in [0.4, 0.5) is 0 Å². The summed E-state index contributed by atoms with van der Waals surface area (Å²) in [6, 6.07) is 0. The molecule has 2 nitrogen and oxygen atoms in total. The van der Waals surface area contributed by atoms with E-state index < -0.39 is 0 Å². The fraction of sp³-hybridized carbons (Fsp3) is 1.00. The second-order valence-electron chi connectivity index (χ2n) is 5.74. The summed E-state index contributed by atoms with van der Waals surface area (Å²) in [7, 11) is 2.03. The van der Waals surface area contributed by atoms with E-state index in [0.717, 1.165) is 18.9 Å². The average molecular weight is 200 g/mol. The fourth-order valence-corrected chi connectivity index (χ4v) is 2.84. The van der Waals surface area contributed by atoms with Gasteiger partial charge in [-0.05, 0) is 24.2 Å². The zero-order valence-corrected chi connectivity index (χ0v) is 10.3. The van der Waals surface area contributed by atoms with Crippen LogP contribution in [0.3, 0.4) is 0 Å². The highest BCUT2D eigenvalue weighted by molar-refractivity contribution is 5.02. The molecule has 0 spiro atoms. The highest BCUT2D eigenvalue weighted by Gasteiger charge is 2.53. The van der Waals surface area contributed by atoms with E-state index in [0.29, 0.717) is 0 Å². The van der Waals surface area contributed by atoms with Crippen molar-refractivity contribution in [3.63, 3.8) is 0 Å². The Balaban J connectivity index is 2.83. The van der Waals surface area contributed by atoms with Crippen LogP contribution in [-0.2, 0) is 0 Å². The SMILES string of the molecule is C[NH2+]C[C@@H](O)[C@@]1(C)CC[C@@H](C)C1(C)C. The summed E-state index contributed by atoms with van der Waals surface area (Å²) in [4.78, 5) is 0. The third-order valence-electron chi connectivity index (χ3n) is 5.00. The van der Waals surface area contributed by atoms with Gasteiger partial charge in [0, 0.05) is 5.41 Å². The minimum absolute atomic E-state index is 0.0962. The summed E-state index contributed by atoms with van der Waals surface area (Å²) in [6.45, 7) is 10.0. The number of likely N-dealkylation sites (N-methyl/N-ethyl adjacent to an activating group) is 1. The molecule has 0 aromatic rings. The quantitative estimate of drug-likeness (QED) is 0.701. The molecule has 1 aliphatic rings. The summed E-state index contributed by atoms with van der Waals surface area (Å²) in [5.74, 6) is 0.721. The highest BCUT2D eigenvalue weighted by Crippen LogP contribution is 2.57. The molecule has 3 N–H and O–H groups in total. The van der Waals surface area contributed by atoms with Gasteiger partial charge in [-0.15, -0.1) is 0 Å². The van der Waals surface area contributed by atoms with Gasteiger partial charge in [0.2, 0.25) is 0 Å². The Morgan fingerprint density at radius 1 is 1.43 bits per heavy atom. The van der Waals surface area contributed by atoms with E-state index in [1.165, 1.54) is 6.42 Å². The molecule has 0 aromatic heterocycles. The third kappa shape index (κ3) is 1.59. The van der Waals surface area contributed by atoms with Crippen molar-refractivity contribution in [2.75, 3.05) is 13.6 Å². The van der Waals surface area contributed by atoms with Crippen LogP contribution in [-0.4, -0.2) is 24.8 Å². The number of hydrogen-bond acceptors (Lipinski definition) is 1. The predicted molar refractivity (Wildman–Crippen MR) is 59.0 cm³/mol. The molecule has 0 amide bonds. The molecule has 14 heavy (non-hydrogen) atoms. The minimum Gasteiger partial charge on any atom is -0.387 e. The molecule has 1 fully saturated rings. The largest absolute Gasteiger partial charge is 0.387 e. The molecular weight excluding hydrogens is 174 g/mol. The summed E-state index contributed by atoms with van der Waals surface area (Å²) in [6.07, 6.45) is 2.24. The van der Waals surface area contributed by atoms with E-state index in [1.807, 2.05) is 7.05 Å². The maximum Gasteiger partial charge on any atom is 0.109 e. The Morgan fingerprint density at radius 2 is 2.00 bits per heavy atom. The van der Waals surface area contributed by atoms with Crippen LogP contribution >= 0.6 is 0 Å². The van der Waals surface area contributed by atoms with Crippen molar-refractivity contribution >= 4 is 0 Å². The van der Waals surface area contributed by atoms with Crippen molar-refractivity contribution in [2.45, 2.75) is 46.6 Å². The van der Waals surface area contributed by atoms with Crippen molar-refractivity contribution in [1.82, 2.24) is 0 Å². The molecule has 0 aromatic carbocycles. The van der Waals surface area contributed by atoms with E-state index >= 15 is 0 Å². The molecule has 0 saturated heterocycles. The van der Waals surface area contributed by atoms with Crippen molar-refractivity contribution < 1.29 is 10.4 Å². The Hall–Kier alpha value is -0.0800. The van der Waals surface area contributed by atoms with E-state index in [9.17, 15) is 5.11 Å². The van der Waals surface area contributed by atoms with Crippen LogP contribution in [0, 0.1) is 16.7 Å². The van der Waals surface area contributed by atoms with Crippen molar-refractivity contribution in [2.24, 2.45) is 16.7 Å². The first-order valence-corrected chi connectivity index (χ1v) is 5.82. The zero-order chi connectivity index (χ0) is 11.0. The van der Waals surface area contributed by atoms with Crippen molar-refractivity contribution in [3.05, 3.63) is 0 Å². The number of rotatable bonds is 3. The van der Waals surface area contributed by atoms with E-state index in [4.69, 9.17) is 0 Å². The van der Waals surface area contributed by atoms with Gasteiger partial charge in [0.15, 0.2) is 0 Å². The van der Waals surface area contributed by atoms with Crippen LogP contribution in [0.5, 0.6) is 0 Å². The van der Waals surface area contributed by atoms with Gasteiger partial charge in [-0.2, -0.15) is 0 Å². The van der Waals surface area contributed by atoms with Gasteiger partial charge in [-0.25, -0.2) is 0 Å². The second-order valence-corrected chi connectivity index (χ2v) is 5.74.